The molecule has 8 heteroatoms. The van der Waals surface area contributed by atoms with Gasteiger partial charge in [-0.3, -0.25) is 0 Å². The fourth-order valence-electron chi connectivity index (χ4n) is 2.41. The number of urea groups is 1. The lowest BCUT2D eigenvalue weighted by Crippen LogP contribution is -2.39. The minimum Gasteiger partial charge on any atom is -0.458 e. The first-order valence-electron chi connectivity index (χ1n) is 7.51. The Kier molecular flexibility index (Phi) is 5.10. The molecule has 2 heterocycles. The van der Waals surface area contributed by atoms with Crippen LogP contribution in [0.15, 0.2) is 36.7 Å². The van der Waals surface area contributed by atoms with Crippen molar-refractivity contribution in [2.45, 2.75) is 19.1 Å². The molecule has 0 aliphatic carbocycles. The van der Waals surface area contributed by atoms with Gasteiger partial charge in [0.15, 0.2) is 5.82 Å². The van der Waals surface area contributed by atoms with E-state index in [9.17, 15) is 9.18 Å². The number of benzene rings is 1. The van der Waals surface area contributed by atoms with Crippen LogP contribution in [0.25, 0.3) is 0 Å². The van der Waals surface area contributed by atoms with Crippen LogP contribution in [0.2, 0.25) is 5.02 Å². The smallest absolute Gasteiger partial charge is 0.317 e. The summed E-state index contributed by atoms with van der Waals surface area (Å²) in [6.07, 6.45) is 2.58. The van der Waals surface area contributed by atoms with Gasteiger partial charge in [0.25, 0.3) is 0 Å². The Balaban J connectivity index is 1.46. The number of aromatic nitrogens is 2. The summed E-state index contributed by atoms with van der Waals surface area (Å²) in [7, 11) is 0. The Bertz CT molecular complexity index is 696. The summed E-state index contributed by atoms with van der Waals surface area (Å²) in [5.74, 6) is -0.517. The average molecular weight is 351 g/mol. The van der Waals surface area contributed by atoms with Gasteiger partial charge in [-0.05, 0) is 17.7 Å². The van der Waals surface area contributed by atoms with Crippen LogP contribution in [0.1, 0.15) is 12.0 Å². The van der Waals surface area contributed by atoms with Gasteiger partial charge in [0.2, 0.25) is 0 Å². The molecule has 0 radical (unpaired) electrons. The van der Waals surface area contributed by atoms with Crippen LogP contribution in [0.5, 0.6) is 6.01 Å². The lowest BCUT2D eigenvalue weighted by molar-refractivity contribution is 0.177. The fraction of sp³-hybridized carbons (Fsp3) is 0.312. The van der Waals surface area contributed by atoms with Gasteiger partial charge >= 0.3 is 12.0 Å². The largest absolute Gasteiger partial charge is 0.458 e. The minimum absolute atomic E-state index is 0.116. The van der Waals surface area contributed by atoms with Gasteiger partial charge < -0.3 is 15.0 Å². The van der Waals surface area contributed by atoms with E-state index in [1.54, 1.807) is 17.0 Å². The fourth-order valence-corrected chi connectivity index (χ4v) is 2.54. The zero-order valence-electron chi connectivity index (χ0n) is 12.8. The van der Waals surface area contributed by atoms with E-state index in [0.717, 1.165) is 18.0 Å². The number of hydrogen-bond donors (Lipinski definition) is 1. The van der Waals surface area contributed by atoms with E-state index < -0.39 is 5.82 Å². The zero-order valence-corrected chi connectivity index (χ0v) is 13.5. The number of halogens is 2. The predicted molar refractivity (Wildman–Crippen MR) is 86.3 cm³/mol. The second kappa shape index (κ2) is 7.44. The lowest BCUT2D eigenvalue weighted by Gasteiger charge is -2.17. The van der Waals surface area contributed by atoms with Crippen molar-refractivity contribution in [3.05, 3.63) is 53.1 Å². The van der Waals surface area contributed by atoms with Crippen molar-refractivity contribution in [2.24, 2.45) is 0 Å². The minimum atomic E-state index is -0.517. The molecular formula is C16H16ClFN4O2. The molecule has 0 spiro atoms. The molecular weight excluding hydrogens is 335 g/mol. The quantitative estimate of drug-likeness (QED) is 0.920. The molecule has 3 rings (SSSR count). The molecule has 2 aromatic rings. The number of likely N-dealkylation sites (tertiary alicyclic amines) is 1. The van der Waals surface area contributed by atoms with Gasteiger partial charge in [-0.25, -0.2) is 19.2 Å². The van der Waals surface area contributed by atoms with Crippen LogP contribution in [0.4, 0.5) is 9.18 Å². The number of rotatable bonds is 4. The van der Waals surface area contributed by atoms with Crippen molar-refractivity contribution >= 4 is 17.6 Å². The molecule has 126 valence electrons. The number of hydrogen-bond acceptors (Lipinski definition) is 4. The highest BCUT2D eigenvalue weighted by atomic mass is 35.5. The number of nitrogens with one attached hydrogen (secondary N) is 1. The van der Waals surface area contributed by atoms with E-state index in [0.29, 0.717) is 31.1 Å². The van der Waals surface area contributed by atoms with E-state index in [4.69, 9.17) is 16.3 Å². The molecule has 1 aliphatic heterocycles. The first-order valence-corrected chi connectivity index (χ1v) is 7.89. The molecule has 2 amide bonds. The van der Waals surface area contributed by atoms with Crippen LogP contribution in [-0.2, 0) is 6.54 Å². The molecule has 1 aliphatic rings. The van der Waals surface area contributed by atoms with Crippen molar-refractivity contribution in [3.63, 3.8) is 0 Å². The van der Waals surface area contributed by atoms with Crippen molar-refractivity contribution in [2.75, 3.05) is 13.1 Å². The average Bonchev–Trinajstić information content (AvgIpc) is 3.05. The van der Waals surface area contributed by atoms with Crippen LogP contribution in [0.3, 0.4) is 0 Å². The van der Waals surface area contributed by atoms with Gasteiger partial charge in [0.05, 0.1) is 18.9 Å². The monoisotopic (exact) mass is 350 g/mol. The third-order valence-corrected chi connectivity index (χ3v) is 3.91. The number of nitrogens with zero attached hydrogens (tertiary/aromatic N) is 3. The molecule has 1 N–H and O–H groups in total. The predicted octanol–water partition coefficient (Wildman–Crippen LogP) is 2.63. The van der Waals surface area contributed by atoms with Crippen LogP contribution >= 0.6 is 11.6 Å². The molecule has 1 fully saturated rings. The molecule has 1 saturated heterocycles. The molecule has 1 atom stereocenters. The maximum Gasteiger partial charge on any atom is 0.317 e. The third kappa shape index (κ3) is 4.32. The molecule has 24 heavy (non-hydrogen) atoms. The molecule has 1 aromatic heterocycles. The van der Waals surface area contributed by atoms with Crippen molar-refractivity contribution in [3.8, 4) is 6.01 Å². The molecule has 0 bridgehead atoms. The number of carbonyl (C=O) groups is 1. The summed E-state index contributed by atoms with van der Waals surface area (Å²) >= 11 is 5.83. The SMILES string of the molecule is O=C(NCc1ccc(Cl)cc1)N1CCC(Oc2ncc(F)cn2)C1. The highest BCUT2D eigenvalue weighted by Gasteiger charge is 2.28. The van der Waals surface area contributed by atoms with E-state index in [-0.39, 0.29) is 18.1 Å². The third-order valence-electron chi connectivity index (χ3n) is 3.66. The second-order valence-electron chi connectivity index (χ2n) is 5.44. The zero-order chi connectivity index (χ0) is 16.9. The maximum absolute atomic E-state index is 12.8. The number of carbonyl (C=O) groups excluding carboxylic acids is 1. The van der Waals surface area contributed by atoms with Crippen LogP contribution < -0.4 is 10.1 Å². The normalized spacial score (nSPS) is 16.9. The maximum atomic E-state index is 12.8. The van der Waals surface area contributed by atoms with Gasteiger partial charge in [0.1, 0.15) is 6.10 Å². The summed E-state index contributed by atoms with van der Waals surface area (Å²) in [6.45, 7) is 1.45. The first kappa shape index (κ1) is 16.4. The Morgan fingerprint density at radius 2 is 2.04 bits per heavy atom. The van der Waals surface area contributed by atoms with Crippen LogP contribution in [0, 0.1) is 5.82 Å². The van der Waals surface area contributed by atoms with Crippen molar-refractivity contribution in [1.82, 2.24) is 20.2 Å². The first-order chi connectivity index (χ1) is 11.6. The Morgan fingerprint density at radius 1 is 1.33 bits per heavy atom. The highest BCUT2D eigenvalue weighted by Crippen LogP contribution is 2.15. The number of amides is 2. The lowest BCUT2D eigenvalue weighted by atomic mass is 10.2. The van der Waals surface area contributed by atoms with Gasteiger partial charge in [-0.2, -0.15) is 0 Å². The molecule has 1 aromatic carbocycles. The van der Waals surface area contributed by atoms with E-state index in [1.165, 1.54) is 0 Å². The summed E-state index contributed by atoms with van der Waals surface area (Å²) < 4.78 is 18.3. The van der Waals surface area contributed by atoms with Gasteiger partial charge in [0, 0.05) is 24.5 Å². The summed E-state index contributed by atoms with van der Waals surface area (Å²) in [5, 5.41) is 3.52. The Hall–Kier alpha value is -2.41. The topological polar surface area (TPSA) is 67.4 Å². The summed E-state index contributed by atoms with van der Waals surface area (Å²) in [4.78, 5) is 21.4. The van der Waals surface area contributed by atoms with E-state index in [2.05, 4.69) is 15.3 Å². The van der Waals surface area contributed by atoms with Gasteiger partial charge in [-0.15, -0.1) is 0 Å². The van der Waals surface area contributed by atoms with Crippen LogP contribution in [-0.4, -0.2) is 40.1 Å². The Labute approximate surface area is 143 Å². The Morgan fingerprint density at radius 3 is 2.75 bits per heavy atom. The van der Waals surface area contributed by atoms with Crippen molar-refractivity contribution in [1.29, 1.82) is 0 Å². The van der Waals surface area contributed by atoms with E-state index in [1.807, 2.05) is 12.1 Å². The van der Waals surface area contributed by atoms with Crippen molar-refractivity contribution < 1.29 is 13.9 Å². The molecule has 6 nitrogen and oxygen atoms in total. The second-order valence-corrected chi connectivity index (χ2v) is 5.88. The van der Waals surface area contributed by atoms with E-state index >= 15 is 0 Å². The number of ether oxygens (including phenoxy) is 1. The molecule has 1 unspecified atom stereocenters. The molecule has 0 saturated carbocycles. The standard InChI is InChI=1S/C16H16ClFN4O2/c17-12-3-1-11(2-4-12)7-21-16(23)22-6-5-14(10-22)24-15-19-8-13(18)9-20-15/h1-4,8-9,14H,5-7,10H2,(H,21,23). The van der Waals surface area contributed by atoms with Gasteiger partial charge in [-0.1, -0.05) is 23.7 Å². The summed E-state index contributed by atoms with van der Waals surface area (Å²) in [6, 6.07) is 7.26. The highest BCUT2D eigenvalue weighted by molar-refractivity contribution is 6.30. The summed E-state index contributed by atoms with van der Waals surface area (Å²) in [5.41, 5.74) is 0.972.